The molecule has 0 aliphatic heterocycles. The summed E-state index contributed by atoms with van der Waals surface area (Å²) >= 11 is 0. The molecule has 1 saturated carbocycles. The van der Waals surface area contributed by atoms with Gasteiger partial charge in [-0.1, -0.05) is 0 Å². The van der Waals surface area contributed by atoms with Crippen LogP contribution in [0.25, 0.3) is 10.5 Å². The molecule has 0 bridgehead atoms. The third kappa shape index (κ3) is 2.35. The van der Waals surface area contributed by atoms with Gasteiger partial charge in [0.15, 0.2) is 0 Å². The summed E-state index contributed by atoms with van der Waals surface area (Å²) in [6, 6.07) is 9.75. The predicted octanol–water partition coefficient (Wildman–Crippen LogP) is 2.83. The lowest BCUT2D eigenvalue weighted by molar-refractivity contribution is 0.303. The summed E-state index contributed by atoms with van der Waals surface area (Å²) < 4.78 is 7.47. The van der Waals surface area contributed by atoms with Gasteiger partial charge >= 0.3 is 0 Å². The third-order valence-corrected chi connectivity index (χ3v) is 2.81. The van der Waals surface area contributed by atoms with Gasteiger partial charge in [0.25, 0.3) is 6.54 Å². The second-order valence-electron chi connectivity index (χ2n) is 4.38. The van der Waals surface area contributed by atoms with Gasteiger partial charge in [-0.3, -0.25) is 0 Å². The van der Waals surface area contributed by atoms with Crippen LogP contribution < -0.4 is 4.74 Å². The van der Waals surface area contributed by atoms with Crippen LogP contribution in [0, 0.1) is 6.57 Å². The van der Waals surface area contributed by atoms with E-state index in [1.54, 1.807) is 4.68 Å². The minimum atomic E-state index is 0.329. The first kappa shape index (κ1) is 10.8. The topological polar surface area (TPSA) is 31.4 Å². The highest BCUT2D eigenvalue weighted by Gasteiger charge is 2.23. The Morgan fingerprint density at radius 2 is 2.06 bits per heavy atom. The van der Waals surface area contributed by atoms with Gasteiger partial charge in [0.2, 0.25) is 0 Å². The van der Waals surface area contributed by atoms with Gasteiger partial charge in [0, 0.05) is 6.20 Å². The molecule has 1 aliphatic rings. The van der Waals surface area contributed by atoms with Crippen molar-refractivity contribution in [3.05, 3.63) is 53.6 Å². The van der Waals surface area contributed by atoms with E-state index in [-0.39, 0.29) is 0 Å². The zero-order valence-corrected chi connectivity index (χ0v) is 9.91. The Hall–Kier alpha value is -2.28. The average Bonchev–Trinajstić information content (AvgIpc) is 3.07. The van der Waals surface area contributed by atoms with Crippen molar-refractivity contribution in [1.82, 2.24) is 9.78 Å². The van der Waals surface area contributed by atoms with E-state index in [1.165, 1.54) is 12.8 Å². The van der Waals surface area contributed by atoms with E-state index in [4.69, 9.17) is 11.3 Å². The Bertz CT molecular complexity index is 576. The van der Waals surface area contributed by atoms with Crippen LogP contribution in [0.3, 0.4) is 0 Å². The van der Waals surface area contributed by atoms with Crippen molar-refractivity contribution >= 4 is 0 Å². The van der Waals surface area contributed by atoms with Gasteiger partial charge < -0.3 is 9.58 Å². The van der Waals surface area contributed by atoms with Gasteiger partial charge in [-0.2, -0.15) is 5.10 Å². The molecule has 2 aromatic rings. The molecule has 4 nitrogen and oxygen atoms in total. The molecule has 4 heteroatoms. The van der Waals surface area contributed by atoms with Crippen molar-refractivity contribution in [2.24, 2.45) is 0 Å². The zero-order valence-electron chi connectivity index (χ0n) is 9.91. The molecule has 1 fully saturated rings. The van der Waals surface area contributed by atoms with Gasteiger partial charge in [0.1, 0.15) is 11.4 Å². The zero-order chi connectivity index (χ0) is 12.4. The number of nitrogens with zero attached hydrogens (tertiary/aromatic N) is 3. The second-order valence-corrected chi connectivity index (χ2v) is 4.38. The molecule has 1 aromatic carbocycles. The third-order valence-electron chi connectivity index (χ3n) is 2.81. The first-order valence-electron chi connectivity index (χ1n) is 6.00. The summed E-state index contributed by atoms with van der Waals surface area (Å²) in [5.74, 6) is 0.912. The molecule has 0 saturated heterocycles. The van der Waals surface area contributed by atoms with E-state index in [2.05, 4.69) is 9.94 Å². The summed E-state index contributed by atoms with van der Waals surface area (Å²) in [5, 5.41) is 4.34. The van der Waals surface area contributed by atoms with Crippen LogP contribution in [0.4, 0.5) is 0 Å². The number of aromatic nitrogens is 2. The van der Waals surface area contributed by atoms with E-state index in [9.17, 15) is 0 Å². The maximum absolute atomic E-state index is 6.81. The maximum atomic E-state index is 6.81. The molecule has 3 rings (SSSR count). The molecule has 18 heavy (non-hydrogen) atoms. The van der Waals surface area contributed by atoms with Crippen LogP contribution >= 0.6 is 0 Å². The number of hydrogen-bond acceptors (Lipinski definition) is 2. The standard InChI is InChI=1S/C14H13N3O/c1-15-10-11-8-9-17(16-11)12-2-4-13(5-3-12)18-14-6-7-14/h2-5,8-9,14H,6-7,10H2. The molecule has 0 amide bonds. The fourth-order valence-corrected chi connectivity index (χ4v) is 1.73. The predicted molar refractivity (Wildman–Crippen MR) is 67.5 cm³/mol. The first-order chi connectivity index (χ1) is 8.85. The quantitative estimate of drug-likeness (QED) is 0.768. The van der Waals surface area contributed by atoms with E-state index in [0.717, 1.165) is 17.1 Å². The molecule has 1 heterocycles. The van der Waals surface area contributed by atoms with Crippen molar-refractivity contribution in [1.29, 1.82) is 0 Å². The van der Waals surface area contributed by atoms with Gasteiger partial charge in [0.05, 0.1) is 11.8 Å². The van der Waals surface area contributed by atoms with Gasteiger partial charge in [-0.05, 0) is 43.2 Å². The molecule has 0 unspecified atom stereocenters. The van der Waals surface area contributed by atoms with Gasteiger partial charge in [-0.25, -0.2) is 11.3 Å². The summed E-state index contributed by atoms with van der Waals surface area (Å²) in [6.45, 7) is 7.14. The molecule has 0 spiro atoms. The van der Waals surface area contributed by atoms with Crippen molar-refractivity contribution < 1.29 is 4.74 Å². The summed E-state index contributed by atoms with van der Waals surface area (Å²) in [6.07, 6.45) is 4.63. The largest absolute Gasteiger partial charge is 0.490 e. The highest BCUT2D eigenvalue weighted by atomic mass is 16.5. The number of hydrogen-bond donors (Lipinski definition) is 0. The average molecular weight is 239 g/mol. The van der Waals surface area contributed by atoms with Crippen LogP contribution in [0.5, 0.6) is 5.75 Å². The highest BCUT2D eigenvalue weighted by Crippen LogP contribution is 2.27. The molecule has 0 atom stereocenters. The Morgan fingerprint density at radius 1 is 1.28 bits per heavy atom. The van der Waals surface area contributed by atoms with Crippen molar-refractivity contribution in [2.75, 3.05) is 0 Å². The fourth-order valence-electron chi connectivity index (χ4n) is 1.73. The number of ether oxygens (including phenoxy) is 1. The minimum Gasteiger partial charge on any atom is -0.490 e. The van der Waals surface area contributed by atoms with Crippen molar-refractivity contribution in [3.63, 3.8) is 0 Å². The molecule has 0 N–H and O–H groups in total. The minimum absolute atomic E-state index is 0.329. The van der Waals surface area contributed by atoms with Crippen molar-refractivity contribution in [3.8, 4) is 11.4 Å². The highest BCUT2D eigenvalue weighted by molar-refractivity contribution is 5.37. The van der Waals surface area contributed by atoms with E-state index in [1.807, 2.05) is 36.5 Å². The molecular weight excluding hydrogens is 226 g/mol. The Labute approximate surface area is 106 Å². The molecular formula is C14H13N3O. The Kier molecular flexibility index (Phi) is 2.73. The van der Waals surface area contributed by atoms with Gasteiger partial charge in [-0.15, -0.1) is 0 Å². The lowest BCUT2D eigenvalue weighted by atomic mass is 10.3. The van der Waals surface area contributed by atoms with Crippen LogP contribution in [-0.2, 0) is 6.54 Å². The summed E-state index contributed by atoms with van der Waals surface area (Å²) in [4.78, 5) is 3.32. The van der Waals surface area contributed by atoms with Crippen LogP contribution in [0.2, 0.25) is 0 Å². The maximum Gasteiger partial charge on any atom is 0.258 e. The van der Waals surface area contributed by atoms with Crippen molar-refractivity contribution in [2.45, 2.75) is 25.5 Å². The lowest BCUT2D eigenvalue weighted by Gasteiger charge is -2.05. The molecule has 1 aromatic heterocycles. The summed E-state index contributed by atoms with van der Waals surface area (Å²) in [7, 11) is 0. The van der Waals surface area contributed by atoms with Crippen LogP contribution in [0.15, 0.2) is 36.5 Å². The molecule has 90 valence electrons. The normalized spacial score (nSPS) is 14.2. The Morgan fingerprint density at radius 3 is 2.72 bits per heavy atom. The van der Waals surface area contributed by atoms with Crippen LogP contribution in [-0.4, -0.2) is 15.9 Å². The Balaban J connectivity index is 1.76. The lowest BCUT2D eigenvalue weighted by Crippen LogP contribution is -1.98. The summed E-state index contributed by atoms with van der Waals surface area (Å²) in [5.41, 5.74) is 1.78. The van der Waals surface area contributed by atoms with E-state index < -0.39 is 0 Å². The number of benzene rings is 1. The number of rotatable bonds is 4. The smallest absolute Gasteiger partial charge is 0.258 e. The van der Waals surface area contributed by atoms with E-state index in [0.29, 0.717) is 12.6 Å². The molecule has 1 aliphatic carbocycles. The van der Waals surface area contributed by atoms with Crippen LogP contribution in [0.1, 0.15) is 18.5 Å². The van der Waals surface area contributed by atoms with E-state index >= 15 is 0 Å². The fraction of sp³-hybridized carbons (Fsp3) is 0.286. The molecule has 0 radical (unpaired) electrons. The second kappa shape index (κ2) is 4.53. The SMILES string of the molecule is [C-]#[N+]Cc1ccn(-c2ccc(OC3CC3)cc2)n1. The monoisotopic (exact) mass is 239 g/mol. The first-order valence-corrected chi connectivity index (χ1v) is 6.00.